The lowest BCUT2D eigenvalue weighted by atomic mass is 10.1. The summed E-state index contributed by atoms with van der Waals surface area (Å²) in [5.74, 6) is 1.30. The van der Waals surface area contributed by atoms with Gasteiger partial charge in [0.05, 0.1) is 30.0 Å². The van der Waals surface area contributed by atoms with E-state index in [1.54, 1.807) is 29.8 Å². The Kier molecular flexibility index (Phi) is 7.13. The molecule has 8 heteroatoms. The van der Waals surface area contributed by atoms with E-state index in [-0.39, 0.29) is 10.8 Å². The first-order valence-electron chi connectivity index (χ1n) is 11.7. The number of methoxy groups -OCH3 is 1. The van der Waals surface area contributed by atoms with Crippen LogP contribution in [0.4, 0.5) is 0 Å². The van der Waals surface area contributed by atoms with Gasteiger partial charge in [-0.3, -0.25) is 9.36 Å². The molecule has 0 bridgehead atoms. The van der Waals surface area contributed by atoms with Crippen molar-refractivity contribution in [3.63, 3.8) is 0 Å². The van der Waals surface area contributed by atoms with Gasteiger partial charge in [-0.1, -0.05) is 23.7 Å². The van der Waals surface area contributed by atoms with Crippen molar-refractivity contribution in [3.8, 4) is 17.2 Å². The van der Waals surface area contributed by atoms with Gasteiger partial charge >= 0.3 is 0 Å². The Labute approximate surface area is 208 Å². The first-order valence-corrected chi connectivity index (χ1v) is 12.9. The summed E-state index contributed by atoms with van der Waals surface area (Å²) in [4.78, 5) is 21.1. The van der Waals surface area contributed by atoms with Crippen LogP contribution in [0.15, 0.2) is 58.5 Å². The van der Waals surface area contributed by atoms with Gasteiger partial charge in [0.1, 0.15) is 6.33 Å². The van der Waals surface area contributed by atoms with Crippen molar-refractivity contribution in [1.29, 1.82) is 0 Å². The molecule has 0 radical (unpaired) electrons. The van der Waals surface area contributed by atoms with Crippen LogP contribution in [0.3, 0.4) is 0 Å². The van der Waals surface area contributed by atoms with E-state index in [4.69, 9.17) is 21.1 Å². The molecule has 34 heavy (non-hydrogen) atoms. The summed E-state index contributed by atoms with van der Waals surface area (Å²) in [5.41, 5.74) is 2.63. The second-order valence-corrected chi connectivity index (χ2v) is 10.3. The minimum Gasteiger partial charge on any atom is -0.493 e. The molecule has 1 fully saturated rings. The zero-order chi connectivity index (χ0) is 23.5. The van der Waals surface area contributed by atoms with E-state index in [1.165, 1.54) is 25.9 Å². The Morgan fingerprint density at radius 2 is 1.91 bits per heavy atom. The topological polar surface area (TPSA) is 56.6 Å². The summed E-state index contributed by atoms with van der Waals surface area (Å²) in [6.07, 6.45) is 5.91. The number of benzene rings is 2. The van der Waals surface area contributed by atoms with Crippen LogP contribution in [0, 0.1) is 0 Å². The van der Waals surface area contributed by atoms with Gasteiger partial charge in [-0.15, -0.1) is 11.8 Å². The Balaban J connectivity index is 1.30. The fourth-order valence-corrected chi connectivity index (χ4v) is 5.96. The Morgan fingerprint density at radius 3 is 2.68 bits per heavy atom. The molecule has 1 atom stereocenters. The SMILES string of the molecule is COc1cc(-n2cnc3c(c2=O)SC(c2ccc(Cl)cc2)C3)ccc1OCCCN1CCCC1. The van der Waals surface area contributed by atoms with E-state index in [0.717, 1.165) is 30.6 Å². The van der Waals surface area contributed by atoms with Crippen LogP contribution in [0.25, 0.3) is 5.69 Å². The second-order valence-electron chi connectivity index (χ2n) is 8.64. The number of hydrogen-bond donors (Lipinski definition) is 0. The molecule has 2 aliphatic heterocycles. The predicted molar refractivity (Wildman–Crippen MR) is 136 cm³/mol. The van der Waals surface area contributed by atoms with E-state index in [9.17, 15) is 4.79 Å². The molecule has 6 nitrogen and oxygen atoms in total. The smallest absolute Gasteiger partial charge is 0.271 e. The maximum Gasteiger partial charge on any atom is 0.271 e. The summed E-state index contributed by atoms with van der Waals surface area (Å²) in [7, 11) is 1.62. The van der Waals surface area contributed by atoms with Crippen LogP contribution in [0.1, 0.15) is 35.8 Å². The molecule has 3 heterocycles. The average Bonchev–Trinajstić information content (AvgIpc) is 3.53. The van der Waals surface area contributed by atoms with Crippen molar-refractivity contribution in [2.75, 3.05) is 33.4 Å². The highest BCUT2D eigenvalue weighted by Gasteiger charge is 2.28. The minimum absolute atomic E-state index is 0.0622. The number of thioether (sulfide) groups is 1. The third-order valence-corrected chi connectivity index (χ3v) is 8.01. The lowest BCUT2D eigenvalue weighted by molar-refractivity contribution is 0.254. The van der Waals surface area contributed by atoms with Gasteiger partial charge in [-0.05, 0) is 62.2 Å². The molecule has 1 unspecified atom stereocenters. The van der Waals surface area contributed by atoms with Crippen molar-refractivity contribution >= 4 is 23.4 Å². The third kappa shape index (κ3) is 4.97. The highest BCUT2D eigenvalue weighted by Crippen LogP contribution is 2.44. The number of ether oxygens (including phenoxy) is 2. The summed E-state index contributed by atoms with van der Waals surface area (Å²) in [5, 5.41) is 0.867. The number of nitrogens with zero attached hydrogens (tertiary/aromatic N) is 3. The zero-order valence-corrected chi connectivity index (χ0v) is 20.8. The molecule has 5 rings (SSSR count). The van der Waals surface area contributed by atoms with Gasteiger partial charge in [0.15, 0.2) is 11.5 Å². The maximum atomic E-state index is 13.3. The molecule has 3 aromatic rings. The number of fused-ring (bicyclic) bond motifs is 1. The molecule has 0 N–H and O–H groups in total. The summed E-state index contributed by atoms with van der Waals surface area (Å²) in [6, 6.07) is 13.4. The van der Waals surface area contributed by atoms with E-state index in [0.29, 0.717) is 33.7 Å². The standard InChI is InChI=1S/C26H28ClN3O3S/c1-32-23-15-20(9-10-22(23)33-14-4-13-29-11-2-3-12-29)30-17-28-21-16-24(34-25(21)26(30)31)18-5-7-19(27)8-6-18/h5-10,15,17,24H,2-4,11-14,16H2,1H3. The largest absolute Gasteiger partial charge is 0.493 e. The number of aromatic nitrogens is 2. The molecule has 1 aromatic heterocycles. The van der Waals surface area contributed by atoms with Crippen LogP contribution in [-0.2, 0) is 6.42 Å². The van der Waals surface area contributed by atoms with Gasteiger partial charge in [0.25, 0.3) is 5.56 Å². The first kappa shape index (κ1) is 23.3. The van der Waals surface area contributed by atoms with Crippen LogP contribution in [-0.4, -0.2) is 47.8 Å². The van der Waals surface area contributed by atoms with Crippen molar-refractivity contribution in [1.82, 2.24) is 14.5 Å². The van der Waals surface area contributed by atoms with Crippen molar-refractivity contribution < 1.29 is 9.47 Å². The normalized spacial score (nSPS) is 17.6. The van der Waals surface area contributed by atoms with E-state index in [1.807, 2.05) is 42.5 Å². The monoisotopic (exact) mass is 497 g/mol. The minimum atomic E-state index is -0.0622. The molecular weight excluding hydrogens is 470 g/mol. The van der Waals surface area contributed by atoms with Crippen LogP contribution in [0.2, 0.25) is 5.02 Å². The molecule has 0 saturated carbocycles. The van der Waals surface area contributed by atoms with Crippen LogP contribution >= 0.6 is 23.4 Å². The summed E-state index contributed by atoms with van der Waals surface area (Å²) < 4.78 is 13.1. The van der Waals surface area contributed by atoms with Crippen LogP contribution in [0.5, 0.6) is 11.5 Å². The summed E-state index contributed by atoms with van der Waals surface area (Å²) >= 11 is 7.59. The molecule has 2 aromatic carbocycles. The summed E-state index contributed by atoms with van der Waals surface area (Å²) in [6.45, 7) is 4.08. The molecule has 0 amide bonds. The molecule has 178 valence electrons. The molecule has 0 spiro atoms. The van der Waals surface area contributed by atoms with Crippen LogP contribution < -0.4 is 15.0 Å². The van der Waals surface area contributed by atoms with Gasteiger partial charge in [0.2, 0.25) is 0 Å². The maximum absolute atomic E-state index is 13.3. The Morgan fingerprint density at radius 1 is 1.12 bits per heavy atom. The fraction of sp³-hybridized carbons (Fsp3) is 0.385. The highest BCUT2D eigenvalue weighted by atomic mass is 35.5. The quantitative estimate of drug-likeness (QED) is 0.401. The predicted octanol–water partition coefficient (Wildman–Crippen LogP) is 5.15. The van der Waals surface area contributed by atoms with Crippen molar-refractivity contribution in [2.24, 2.45) is 0 Å². The molecular formula is C26H28ClN3O3S. The number of hydrogen-bond acceptors (Lipinski definition) is 6. The first-order chi connectivity index (χ1) is 16.6. The number of halogens is 1. The fourth-order valence-electron chi connectivity index (χ4n) is 4.54. The number of likely N-dealkylation sites (tertiary alicyclic amines) is 1. The lowest BCUT2D eigenvalue weighted by Gasteiger charge is -2.16. The van der Waals surface area contributed by atoms with E-state index >= 15 is 0 Å². The van der Waals surface area contributed by atoms with Crippen molar-refractivity contribution in [2.45, 2.75) is 35.8 Å². The lowest BCUT2D eigenvalue weighted by Crippen LogP contribution is -2.22. The highest BCUT2D eigenvalue weighted by molar-refractivity contribution is 7.99. The van der Waals surface area contributed by atoms with Gasteiger partial charge in [-0.25, -0.2) is 4.98 Å². The third-order valence-electron chi connectivity index (χ3n) is 6.39. The van der Waals surface area contributed by atoms with Gasteiger partial charge in [-0.2, -0.15) is 0 Å². The van der Waals surface area contributed by atoms with Gasteiger partial charge < -0.3 is 14.4 Å². The molecule has 2 aliphatic rings. The molecule has 1 saturated heterocycles. The molecule has 0 aliphatic carbocycles. The van der Waals surface area contributed by atoms with E-state index < -0.39 is 0 Å². The van der Waals surface area contributed by atoms with Gasteiger partial charge in [0, 0.05) is 29.3 Å². The van der Waals surface area contributed by atoms with Crippen molar-refractivity contribution in [3.05, 3.63) is 75.4 Å². The Bertz CT molecular complexity index is 1210. The van der Waals surface area contributed by atoms with E-state index in [2.05, 4.69) is 9.88 Å². The average molecular weight is 498 g/mol. The number of rotatable bonds is 8. The second kappa shape index (κ2) is 10.4. The zero-order valence-electron chi connectivity index (χ0n) is 19.2. The Hall–Kier alpha value is -2.48.